The van der Waals surface area contributed by atoms with E-state index in [2.05, 4.69) is 116 Å². The fourth-order valence-electron chi connectivity index (χ4n) is 6.39. The van der Waals surface area contributed by atoms with Crippen LogP contribution in [0.2, 0.25) is 6.04 Å². The van der Waals surface area contributed by atoms with E-state index in [1.807, 2.05) is 0 Å². The number of benzene rings is 3. The maximum Gasteiger partial charge on any atom is 1.00 e. The van der Waals surface area contributed by atoms with Gasteiger partial charge in [0.2, 0.25) is 0 Å². The summed E-state index contributed by atoms with van der Waals surface area (Å²) in [6.45, 7) is 2.46. The second-order valence-electron chi connectivity index (χ2n) is 8.86. The van der Waals surface area contributed by atoms with E-state index >= 15 is 0 Å². The SMILES string of the molecule is CC[Si](C1C=Cc2ccccc21)(C1C=Cc2ccccc21)C1C=Cc2ccccc21.[H-].[Na+]. The first-order valence-corrected chi connectivity index (χ1v) is 13.6. The van der Waals surface area contributed by atoms with E-state index in [0.29, 0.717) is 16.6 Å². The summed E-state index contributed by atoms with van der Waals surface area (Å²) in [5, 5.41) is 0. The van der Waals surface area contributed by atoms with Gasteiger partial charge in [0, 0.05) is 0 Å². The summed E-state index contributed by atoms with van der Waals surface area (Å²) in [6.07, 6.45) is 14.8. The second kappa shape index (κ2) is 8.22. The van der Waals surface area contributed by atoms with Crippen LogP contribution in [-0.4, -0.2) is 8.07 Å². The Morgan fingerprint density at radius 2 is 0.903 bits per heavy atom. The molecule has 0 bridgehead atoms. The van der Waals surface area contributed by atoms with E-state index in [1.165, 1.54) is 22.7 Å². The molecule has 0 heterocycles. The maximum absolute atomic E-state index is 2.55. The van der Waals surface area contributed by atoms with E-state index in [0.717, 1.165) is 0 Å². The van der Waals surface area contributed by atoms with Gasteiger partial charge < -0.3 is 1.43 Å². The topological polar surface area (TPSA) is 0 Å². The summed E-state index contributed by atoms with van der Waals surface area (Å²) >= 11 is 0. The van der Waals surface area contributed by atoms with E-state index in [-0.39, 0.29) is 31.0 Å². The minimum Gasteiger partial charge on any atom is -1.00 e. The molecule has 0 N–H and O–H groups in total. The van der Waals surface area contributed by atoms with Gasteiger partial charge in [0.25, 0.3) is 0 Å². The molecule has 0 amide bonds. The third kappa shape index (κ3) is 3.06. The van der Waals surface area contributed by atoms with E-state index < -0.39 is 8.07 Å². The molecular weight excluding hydrogens is 399 g/mol. The van der Waals surface area contributed by atoms with Gasteiger partial charge in [0.05, 0.1) is 8.07 Å². The van der Waals surface area contributed by atoms with Gasteiger partial charge >= 0.3 is 29.6 Å². The number of hydrogen-bond donors (Lipinski definition) is 0. The van der Waals surface area contributed by atoms with Crippen LogP contribution in [-0.2, 0) is 0 Å². The Morgan fingerprint density at radius 3 is 1.23 bits per heavy atom. The molecule has 0 aliphatic heterocycles. The molecule has 3 aliphatic carbocycles. The quantitative estimate of drug-likeness (QED) is 0.534. The molecule has 0 nitrogen and oxygen atoms in total. The van der Waals surface area contributed by atoms with Crippen molar-refractivity contribution in [1.29, 1.82) is 0 Å². The molecular formula is C29H27NaSi. The predicted molar refractivity (Wildman–Crippen MR) is 132 cm³/mol. The van der Waals surface area contributed by atoms with Crippen molar-refractivity contribution < 1.29 is 31.0 Å². The number of hydrogen-bond acceptors (Lipinski definition) is 0. The minimum absolute atomic E-state index is 0. The fraction of sp³-hybridized carbons (Fsp3) is 0.172. The normalized spacial score (nSPS) is 23.7. The Balaban J connectivity index is 0.00000122. The largest absolute Gasteiger partial charge is 1.00 e. The molecule has 31 heavy (non-hydrogen) atoms. The Morgan fingerprint density at radius 1 is 0.581 bits per heavy atom. The van der Waals surface area contributed by atoms with Crippen molar-refractivity contribution in [3.05, 3.63) is 124 Å². The molecule has 3 atom stereocenters. The van der Waals surface area contributed by atoms with Gasteiger partial charge in [0.1, 0.15) is 0 Å². The number of allylic oxidation sites excluding steroid dienone is 3. The number of fused-ring (bicyclic) bond motifs is 3. The van der Waals surface area contributed by atoms with Crippen LogP contribution in [0.25, 0.3) is 18.2 Å². The smallest absolute Gasteiger partial charge is 1.00 e. The molecule has 3 aromatic rings. The Labute approximate surface area is 210 Å². The Hall–Kier alpha value is -1.90. The molecule has 2 heteroatoms. The Kier molecular flexibility index (Phi) is 5.56. The Bertz CT molecular complexity index is 1080. The molecule has 6 rings (SSSR count). The van der Waals surface area contributed by atoms with Crippen molar-refractivity contribution >= 4 is 26.3 Å². The van der Waals surface area contributed by atoms with Crippen molar-refractivity contribution in [2.45, 2.75) is 29.6 Å². The molecule has 3 unspecified atom stereocenters. The van der Waals surface area contributed by atoms with Gasteiger partial charge in [-0.05, 0) is 50.0 Å². The molecule has 0 radical (unpaired) electrons. The maximum atomic E-state index is 2.55. The minimum atomic E-state index is -1.98. The molecule has 3 aromatic carbocycles. The molecule has 0 saturated heterocycles. The summed E-state index contributed by atoms with van der Waals surface area (Å²) in [4.78, 5) is 0. The van der Waals surface area contributed by atoms with Crippen molar-refractivity contribution in [2.24, 2.45) is 0 Å². The average Bonchev–Trinajstić information content (AvgIpc) is 3.53. The first kappa shape index (κ1) is 21.0. The van der Waals surface area contributed by atoms with Crippen molar-refractivity contribution in [1.82, 2.24) is 0 Å². The molecule has 0 aromatic heterocycles. The van der Waals surface area contributed by atoms with Crippen molar-refractivity contribution in [3.63, 3.8) is 0 Å². The second-order valence-corrected chi connectivity index (χ2v) is 13.7. The van der Waals surface area contributed by atoms with E-state index in [4.69, 9.17) is 0 Å². The zero-order chi connectivity index (χ0) is 20.1. The zero-order valence-corrected chi connectivity index (χ0v) is 21.3. The van der Waals surface area contributed by atoms with Crippen LogP contribution in [0.4, 0.5) is 0 Å². The van der Waals surface area contributed by atoms with Crippen LogP contribution in [0.3, 0.4) is 0 Å². The van der Waals surface area contributed by atoms with Gasteiger partial charge in [-0.3, -0.25) is 0 Å². The molecule has 148 valence electrons. The van der Waals surface area contributed by atoms with Gasteiger partial charge in [-0.25, -0.2) is 0 Å². The van der Waals surface area contributed by atoms with Crippen LogP contribution in [0.15, 0.2) is 91.0 Å². The fourth-order valence-corrected chi connectivity index (χ4v) is 12.8. The summed E-state index contributed by atoms with van der Waals surface area (Å²) in [5.41, 5.74) is 10.5. The third-order valence-electron chi connectivity index (χ3n) is 7.75. The van der Waals surface area contributed by atoms with Crippen LogP contribution in [0.1, 0.15) is 58.4 Å². The zero-order valence-electron chi connectivity index (χ0n) is 19.3. The van der Waals surface area contributed by atoms with Crippen LogP contribution >= 0.6 is 0 Å². The van der Waals surface area contributed by atoms with Gasteiger partial charge in [-0.2, -0.15) is 0 Å². The summed E-state index contributed by atoms with van der Waals surface area (Å²) in [5.74, 6) is 0. The van der Waals surface area contributed by atoms with Gasteiger partial charge in [0.15, 0.2) is 0 Å². The standard InChI is InChI=1S/C29H26Si.Na.H/c1-2-30(27-18-15-21-9-3-6-12-24(21)27,28-19-16-22-10-4-7-13-25(22)28)29-20-17-23-11-5-8-14-26(23)29;;/h3-20,27-29H,2H2,1H3;;/q;+1;-1. The van der Waals surface area contributed by atoms with Crippen molar-refractivity contribution in [2.75, 3.05) is 0 Å². The van der Waals surface area contributed by atoms with E-state index in [9.17, 15) is 0 Å². The molecule has 0 fully saturated rings. The van der Waals surface area contributed by atoms with Crippen LogP contribution in [0.5, 0.6) is 0 Å². The molecule has 0 spiro atoms. The predicted octanol–water partition coefficient (Wildman–Crippen LogP) is 4.62. The summed E-state index contributed by atoms with van der Waals surface area (Å²) in [6, 6.07) is 28.5. The first-order chi connectivity index (χ1) is 14.8. The van der Waals surface area contributed by atoms with Crippen molar-refractivity contribution in [3.8, 4) is 0 Å². The monoisotopic (exact) mass is 426 g/mol. The van der Waals surface area contributed by atoms with Gasteiger partial charge in [-0.15, -0.1) is 0 Å². The third-order valence-corrected chi connectivity index (χ3v) is 14.0. The number of rotatable bonds is 4. The molecule has 3 aliphatic rings. The molecule has 0 saturated carbocycles. The summed E-state index contributed by atoms with van der Waals surface area (Å²) in [7, 11) is -1.98. The average molecular weight is 427 g/mol. The van der Waals surface area contributed by atoms with Crippen LogP contribution in [0, 0.1) is 0 Å². The van der Waals surface area contributed by atoms with Crippen LogP contribution < -0.4 is 29.6 Å². The van der Waals surface area contributed by atoms with Gasteiger partial charge in [-0.1, -0.05) is 122 Å². The summed E-state index contributed by atoms with van der Waals surface area (Å²) < 4.78 is 0. The van der Waals surface area contributed by atoms with E-state index in [1.54, 1.807) is 16.7 Å². The first-order valence-electron chi connectivity index (χ1n) is 11.1.